The number of thiophene rings is 1. The van der Waals surface area contributed by atoms with Crippen LogP contribution in [0.1, 0.15) is 55.2 Å². The van der Waals surface area contributed by atoms with Gasteiger partial charge in [0.1, 0.15) is 5.82 Å². The molecule has 0 spiro atoms. The predicted molar refractivity (Wildman–Crippen MR) is 94.9 cm³/mol. The van der Waals surface area contributed by atoms with E-state index in [2.05, 4.69) is 25.4 Å². The first kappa shape index (κ1) is 17.6. The van der Waals surface area contributed by atoms with E-state index in [9.17, 15) is 9.59 Å². The van der Waals surface area contributed by atoms with Gasteiger partial charge in [-0.2, -0.15) is 0 Å². The molecule has 25 heavy (non-hydrogen) atoms. The Morgan fingerprint density at radius 3 is 2.96 bits per heavy atom. The number of aryl methyl sites for hydroxylation is 1. The van der Waals surface area contributed by atoms with Gasteiger partial charge in [-0.25, -0.2) is 0 Å². The SMILES string of the molecule is CC(=O)NC(CC(=O)NCc1nnc2n1CCCCC2)c1cccs1. The molecule has 3 rings (SSSR count). The second-order valence-electron chi connectivity index (χ2n) is 6.24. The Labute approximate surface area is 150 Å². The highest BCUT2D eigenvalue weighted by Gasteiger charge is 2.19. The van der Waals surface area contributed by atoms with Crippen LogP contribution in [0.4, 0.5) is 0 Å². The molecule has 1 unspecified atom stereocenters. The van der Waals surface area contributed by atoms with Crippen LogP contribution in [0.3, 0.4) is 0 Å². The third-order valence-electron chi connectivity index (χ3n) is 4.28. The van der Waals surface area contributed by atoms with Gasteiger partial charge in [0.25, 0.3) is 0 Å². The standard InChI is InChI=1S/C17H23N5O2S/c1-12(23)19-13(14-6-5-9-25-14)10-17(24)18-11-16-21-20-15-7-3-2-4-8-22(15)16/h5-6,9,13H,2-4,7-8,10-11H2,1H3,(H,18,24)(H,19,23). The lowest BCUT2D eigenvalue weighted by molar-refractivity contribution is -0.122. The molecule has 0 bridgehead atoms. The van der Waals surface area contributed by atoms with Crippen LogP contribution in [-0.4, -0.2) is 26.6 Å². The molecule has 8 heteroatoms. The molecule has 2 N–H and O–H groups in total. The van der Waals surface area contributed by atoms with E-state index in [4.69, 9.17) is 0 Å². The fourth-order valence-electron chi connectivity index (χ4n) is 3.07. The number of amides is 2. The molecule has 1 aliphatic heterocycles. The molecule has 0 fully saturated rings. The molecular formula is C17H23N5O2S. The van der Waals surface area contributed by atoms with Crippen molar-refractivity contribution in [2.24, 2.45) is 0 Å². The van der Waals surface area contributed by atoms with E-state index in [0.29, 0.717) is 6.54 Å². The van der Waals surface area contributed by atoms with E-state index in [1.807, 2.05) is 17.5 Å². The zero-order valence-corrected chi connectivity index (χ0v) is 15.1. The van der Waals surface area contributed by atoms with Gasteiger partial charge in [0.05, 0.1) is 19.0 Å². The highest BCUT2D eigenvalue weighted by molar-refractivity contribution is 7.10. The second-order valence-corrected chi connectivity index (χ2v) is 7.22. The molecule has 2 aromatic rings. The van der Waals surface area contributed by atoms with Crippen LogP contribution in [0.25, 0.3) is 0 Å². The van der Waals surface area contributed by atoms with Crippen molar-refractivity contribution in [3.05, 3.63) is 34.0 Å². The summed E-state index contributed by atoms with van der Waals surface area (Å²) in [6.45, 7) is 2.74. The molecule has 0 saturated heterocycles. The summed E-state index contributed by atoms with van der Waals surface area (Å²) in [5.74, 6) is 1.56. The minimum atomic E-state index is -0.298. The quantitative estimate of drug-likeness (QED) is 0.823. The number of rotatable bonds is 6. The van der Waals surface area contributed by atoms with Gasteiger partial charge in [-0.3, -0.25) is 9.59 Å². The van der Waals surface area contributed by atoms with Gasteiger partial charge in [0, 0.05) is 24.8 Å². The lowest BCUT2D eigenvalue weighted by atomic mass is 10.1. The van der Waals surface area contributed by atoms with Crippen LogP contribution in [0.15, 0.2) is 17.5 Å². The van der Waals surface area contributed by atoms with E-state index in [0.717, 1.165) is 42.3 Å². The highest BCUT2D eigenvalue weighted by Crippen LogP contribution is 2.22. The second kappa shape index (κ2) is 8.24. The lowest BCUT2D eigenvalue weighted by Gasteiger charge is -2.16. The van der Waals surface area contributed by atoms with Crippen LogP contribution < -0.4 is 10.6 Å². The van der Waals surface area contributed by atoms with Gasteiger partial charge in [-0.15, -0.1) is 21.5 Å². The summed E-state index contributed by atoms with van der Waals surface area (Å²) in [4.78, 5) is 24.7. The average molecular weight is 361 g/mol. The number of aromatic nitrogens is 3. The van der Waals surface area contributed by atoms with Gasteiger partial charge < -0.3 is 15.2 Å². The Bertz CT molecular complexity index is 725. The summed E-state index contributed by atoms with van der Waals surface area (Å²) in [6, 6.07) is 3.54. The van der Waals surface area contributed by atoms with E-state index in [1.54, 1.807) is 0 Å². The minimum absolute atomic E-state index is 0.113. The number of carbonyl (C=O) groups is 2. The van der Waals surface area contributed by atoms with E-state index < -0.39 is 0 Å². The smallest absolute Gasteiger partial charge is 0.222 e. The average Bonchev–Trinajstić information content (AvgIpc) is 3.17. The monoisotopic (exact) mass is 361 g/mol. The molecule has 0 aromatic carbocycles. The third-order valence-corrected chi connectivity index (χ3v) is 5.27. The zero-order valence-electron chi connectivity index (χ0n) is 14.3. The Morgan fingerprint density at radius 2 is 2.20 bits per heavy atom. The molecule has 0 radical (unpaired) electrons. The maximum absolute atomic E-state index is 12.3. The van der Waals surface area contributed by atoms with Gasteiger partial charge in [0.15, 0.2) is 5.82 Å². The van der Waals surface area contributed by atoms with E-state index in [-0.39, 0.29) is 24.3 Å². The number of nitrogens with one attached hydrogen (secondary N) is 2. The summed E-state index contributed by atoms with van der Waals surface area (Å²) < 4.78 is 2.12. The Balaban J connectivity index is 1.58. The maximum Gasteiger partial charge on any atom is 0.222 e. The number of hydrogen-bond acceptors (Lipinski definition) is 5. The lowest BCUT2D eigenvalue weighted by Crippen LogP contribution is -2.32. The van der Waals surface area contributed by atoms with E-state index >= 15 is 0 Å². The van der Waals surface area contributed by atoms with Crippen molar-refractivity contribution in [3.63, 3.8) is 0 Å². The van der Waals surface area contributed by atoms with Crippen molar-refractivity contribution < 1.29 is 9.59 Å². The Morgan fingerprint density at radius 1 is 1.32 bits per heavy atom. The number of carbonyl (C=O) groups excluding carboxylic acids is 2. The molecule has 3 heterocycles. The molecule has 134 valence electrons. The number of hydrogen-bond donors (Lipinski definition) is 2. The van der Waals surface area contributed by atoms with Crippen molar-refractivity contribution in [2.75, 3.05) is 0 Å². The van der Waals surface area contributed by atoms with Crippen LogP contribution in [0.5, 0.6) is 0 Å². The molecule has 1 aliphatic rings. The summed E-state index contributed by atoms with van der Waals surface area (Å²) in [6.07, 6.45) is 4.62. The fraction of sp³-hybridized carbons (Fsp3) is 0.529. The van der Waals surface area contributed by atoms with Gasteiger partial charge >= 0.3 is 0 Å². The molecule has 2 aromatic heterocycles. The first-order valence-electron chi connectivity index (χ1n) is 8.61. The summed E-state index contributed by atoms with van der Waals surface area (Å²) in [5.41, 5.74) is 0. The largest absolute Gasteiger partial charge is 0.349 e. The summed E-state index contributed by atoms with van der Waals surface area (Å²) >= 11 is 1.53. The predicted octanol–water partition coefficient (Wildman–Crippen LogP) is 1.95. The first-order valence-corrected chi connectivity index (χ1v) is 9.49. The van der Waals surface area contributed by atoms with Crippen molar-refractivity contribution in [1.29, 1.82) is 0 Å². The van der Waals surface area contributed by atoms with Crippen LogP contribution in [-0.2, 0) is 29.1 Å². The maximum atomic E-state index is 12.3. The number of fused-ring (bicyclic) bond motifs is 1. The molecular weight excluding hydrogens is 338 g/mol. The Hall–Kier alpha value is -2.22. The summed E-state index contributed by atoms with van der Waals surface area (Å²) in [7, 11) is 0. The molecule has 1 atom stereocenters. The molecule has 0 saturated carbocycles. The number of nitrogens with zero attached hydrogens (tertiary/aromatic N) is 3. The van der Waals surface area contributed by atoms with Crippen LogP contribution >= 0.6 is 11.3 Å². The highest BCUT2D eigenvalue weighted by atomic mass is 32.1. The third kappa shape index (κ3) is 4.66. The Kier molecular flexibility index (Phi) is 5.80. The minimum Gasteiger partial charge on any atom is -0.349 e. The van der Waals surface area contributed by atoms with Crippen LogP contribution in [0, 0.1) is 0 Å². The van der Waals surface area contributed by atoms with Gasteiger partial charge in [0.2, 0.25) is 11.8 Å². The van der Waals surface area contributed by atoms with Crippen LogP contribution in [0.2, 0.25) is 0 Å². The van der Waals surface area contributed by atoms with E-state index in [1.165, 1.54) is 24.7 Å². The zero-order chi connectivity index (χ0) is 17.6. The molecule has 0 aliphatic carbocycles. The molecule has 2 amide bonds. The first-order chi connectivity index (χ1) is 12.1. The van der Waals surface area contributed by atoms with Crippen molar-refractivity contribution in [1.82, 2.24) is 25.4 Å². The van der Waals surface area contributed by atoms with Gasteiger partial charge in [-0.05, 0) is 24.3 Å². The fourth-order valence-corrected chi connectivity index (χ4v) is 3.85. The van der Waals surface area contributed by atoms with Crippen molar-refractivity contribution in [3.8, 4) is 0 Å². The van der Waals surface area contributed by atoms with Gasteiger partial charge in [-0.1, -0.05) is 12.5 Å². The summed E-state index contributed by atoms with van der Waals surface area (Å²) in [5, 5.41) is 16.2. The van der Waals surface area contributed by atoms with Crippen molar-refractivity contribution >= 4 is 23.2 Å². The topological polar surface area (TPSA) is 88.9 Å². The van der Waals surface area contributed by atoms with Crippen molar-refractivity contribution in [2.45, 2.75) is 58.2 Å². The molecule has 7 nitrogen and oxygen atoms in total. The normalized spacial score (nSPS) is 15.1.